The summed E-state index contributed by atoms with van der Waals surface area (Å²) in [6.45, 7) is 11.5. The number of carbonyl (C=O) groups is 1. The fraction of sp³-hybridized carbons (Fsp3) is 0.562. The first-order chi connectivity index (χ1) is 8.91. The molecule has 4 heteroatoms. The van der Waals surface area contributed by atoms with Crippen molar-refractivity contribution in [1.29, 1.82) is 0 Å². The van der Waals surface area contributed by atoms with E-state index in [0.29, 0.717) is 16.7 Å². The summed E-state index contributed by atoms with van der Waals surface area (Å²) in [6.07, 6.45) is 0. The molecule has 0 aliphatic carbocycles. The number of Topliss-reactive ketones (excluding diaryl/α,β-unsaturated/α-hetero) is 1. The number of carbonyl (C=O) groups excluding carboxylic acids is 1. The molecule has 1 rings (SSSR count). The molecule has 20 heavy (non-hydrogen) atoms. The number of phenolic OH excluding ortho intramolecular Hbond substituents is 2. The van der Waals surface area contributed by atoms with Gasteiger partial charge in [-0.05, 0) is 22.5 Å². The van der Waals surface area contributed by atoms with E-state index in [9.17, 15) is 15.0 Å². The van der Waals surface area contributed by atoms with Crippen molar-refractivity contribution in [3.63, 3.8) is 0 Å². The Bertz CT molecular complexity index is 534. The zero-order chi connectivity index (χ0) is 15.9. The Kier molecular flexibility index (Phi) is 4.45. The first-order valence-electron chi connectivity index (χ1n) is 6.60. The molecule has 1 aromatic rings. The zero-order valence-electron chi connectivity index (χ0n) is 13.0. The van der Waals surface area contributed by atoms with Crippen LogP contribution in [0.4, 0.5) is 0 Å². The van der Waals surface area contributed by atoms with E-state index in [1.54, 1.807) is 0 Å². The van der Waals surface area contributed by atoms with E-state index in [0.717, 1.165) is 0 Å². The third kappa shape index (κ3) is 3.09. The molecule has 1 aromatic carbocycles. The molecule has 0 bridgehead atoms. The van der Waals surface area contributed by atoms with Crippen molar-refractivity contribution in [3.8, 4) is 11.5 Å². The van der Waals surface area contributed by atoms with Gasteiger partial charge in [-0.2, -0.15) is 0 Å². The highest BCUT2D eigenvalue weighted by atomic mass is 35.5. The molecule has 0 unspecified atom stereocenters. The van der Waals surface area contributed by atoms with Crippen LogP contribution >= 0.6 is 11.6 Å². The van der Waals surface area contributed by atoms with Crippen LogP contribution in [0.1, 0.15) is 63.0 Å². The van der Waals surface area contributed by atoms with Crippen LogP contribution in [0.5, 0.6) is 11.5 Å². The van der Waals surface area contributed by atoms with Crippen molar-refractivity contribution >= 4 is 17.4 Å². The van der Waals surface area contributed by atoms with Crippen LogP contribution in [0.3, 0.4) is 0 Å². The normalized spacial score (nSPS) is 12.6. The topological polar surface area (TPSA) is 57.5 Å². The molecule has 3 nitrogen and oxygen atoms in total. The summed E-state index contributed by atoms with van der Waals surface area (Å²) in [5.41, 5.74) is 0.744. The summed E-state index contributed by atoms with van der Waals surface area (Å²) in [5, 5.41) is 20.2. The van der Waals surface area contributed by atoms with Crippen LogP contribution < -0.4 is 0 Å². The second-order valence-corrected chi connectivity index (χ2v) is 7.37. The molecule has 0 aliphatic rings. The van der Waals surface area contributed by atoms with Crippen molar-refractivity contribution < 1.29 is 15.0 Å². The standard InChI is InChI=1S/C16H23ClO3/c1-15(2,3)9-7-10(18)14(20)13(16(4,5)6)12(9)11(19)8-17/h7,18,20H,8H2,1-6H3. The maximum absolute atomic E-state index is 12.3. The van der Waals surface area contributed by atoms with E-state index in [1.165, 1.54) is 6.07 Å². The number of alkyl halides is 1. The molecule has 0 radical (unpaired) electrons. The lowest BCUT2D eigenvalue weighted by molar-refractivity contribution is 0.101. The van der Waals surface area contributed by atoms with E-state index in [-0.39, 0.29) is 28.6 Å². The number of benzene rings is 1. The molecule has 112 valence electrons. The minimum Gasteiger partial charge on any atom is -0.504 e. The van der Waals surface area contributed by atoms with E-state index < -0.39 is 5.41 Å². The summed E-state index contributed by atoms with van der Waals surface area (Å²) in [7, 11) is 0. The maximum atomic E-state index is 12.3. The molecular formula is C16H23ClO3. The van der Waals surface area contributed by atoms with E-state index in [1.807, 2.05) is 41.5 Å². The highest BCUT2D eigenvalue weighted by Gasteiger charge is 2.33. The second-order valence-electron chi connectivity index (χ2n) is 7.10. The lowest BCUT2D eigenvalue weighted by Crippen LogP contribution is -2.24. The Labute approximate surface area is 125 Å². The Hall–Kier alpha value is -1.22. The van der Waals surface area contributed by atoms with Crippen LogP contribution in [-0.2, 0) is 10.8 Å². The minimum atomic E-state index is -0.486. The number of hydrogen-bond acceptors (Lipinski definition) is 3. The predicted octanol–water partition coefficient (Wildman–Crippen LogP) is 4.11. The summed E-state index contributed by atoms with van der Waals surface area (Å²) in [6, 6.07) is 1.46. The van der Waals surface area contributed by atoms with Crippen LogP contribution in [-0.4, -0.2) is 21.9 Å². The Balaban J connectivity index is 3.90. The van der Waals surface area contributed by atoms with Gasteiger partial charge < -0.3 is 10.2 Å². The van der Waals surface area contributed by atoms with Gasteiger partial charge in [-0.15, -0.1) is 11.6 Å². The monoisotopic (exact) mass is 298 g/mol. The van der Waals surface area contributed by atoms with Crippen molar-refractivity contribution in [2.45, 2.75) is 52.4 Å². The van der Waals surface area contributed by atoms with Gasteiger partial charge in [0, 0.05) is 11.1 Å². The van der Waals surface area contributed by atoms with Crippen molar-refractivity contribution in [2.75, 3.05) is 5.88 Å². The van der Waals surface area contributed by atoms with Crippen LogP contribution in [0.2, 0.25) is 0 Å². The lowest BCUT2D eigenvalue weighted by atomic mass is 9.74. The minimum absolute atomic E-state index is 0.156. The van der Waals surface area contributed by atoms with Crippen LogP contribution in [0.15, 0.2) is 6.07 Å². The third-order valence-corrected chi connectivity index (χ3v) is 3.48. The third-order valence-electron chi connectivity index (χ3n) is 3.24. The van der Waals surface area contributed by atoms with Gasteiger partial charge in [-0.1, -0.05) is 41.5 Å². The first-order valence-corrected chi connectivity index (χ1v) is 7.13. The molecule has 0 spiro atoms. The van der Waals surface area contributed by atoms with Crippen LogP contribution in [0.25, 0.3) is 0 Å². The van der Waals surface area contributed by atoms with Gasteiger partial charge in [0.25, 0.3) is 0 Å². The largest absolute Gasteiger partial charge is 0.504 e. The smallest absolute Gasteiger partial charge is 0.178 e. The summed E-state index contributed by atoms with van der Waals surface area (Å²) < 4.78 is 0. The molecule has 0 aromatic heterocycles. The first kappa shape index (κ1) is 16.8. The number of phenols is 2. The number of aromatic hydroxyl groups is 2. The van der Waals surface area contributed by atoms with Crippen LogP contribution in [0, 0.1) is 0 Å². The fourth-order valence-corrected chi connectivity index (χ4v) is 2.47. The Morgan fingerprint density at radius 2 is 1.60 bits per heavy atom. The highest BCUT2D eigenvalue weighted by molar-refractivity contribution is 6.31. The SMILES string of the molecule is CC(C)(C)c1cc(O)c(O)c(C(C)(C)C)c1C(=O)CCl. The molecule has 0 amide bonds. The Morgan fingerprint density at radius 3 is 1.95 bits per heavy atom. The predicted molar refractivity (Wildman–Crippen MR) is 82.2 cm³/mol. The molecule has 0 saturated carbocycles. The van der Waals surface area contributed by atoms with Gasteiger partial charge >= 0.3 is 0 Å². The number of ketones is 1. The van der Waals surface area contributed by atoms with E-state index in [4.69, 9.17) is 11.6 Å². The molecule has 0 fully saturated rings. The summed E-state index contributed by atoms with van der Waals surface area (Å²) in [4.78, 5) is 12.3. The van der Waals surface area contributed by atoms with Gasteiger partial charge in [0.05, 0.1) is 5.88 Å². The van der Waals surface area contributed by atoms with E-state index >= 15 is 0 Å². The Morgan fingerprint density at radius 1 is 1.10 bits per heavy atom. The highest BCUT2D eigenvalue weighted by Crippen LogP contribution is 2.44. The van der Waals surface area contributed by atoms with Gasteiger partial charge in [0.2, 0.25) is 0 Å². The molecule has 0 heterocycles. The number of halogens is 1. The molecule has 2 N–H and O–H groups in total. The van der Waals surface area contributed by atoms with Gasteiger partial charge in [-0.25, -0.2) is 0 Å². The molecular weight excluding hydrogens is 276 g/mol. The number of rotatable bonds is 2. The molecule has 0 atom stereocenters. The van der Waals surface area contributed by atoms with Gasteiger partial charge in [0.15, 0.2) is 17.3 Å². The van der Waals surface area contributed by atoms with Crippen molar-refractivity contribution in [1.82, 2.24) is 0 Å². The second kappa shape index (κ2) is 5.28. The quantitative estimate of drug-likeness (QED) is 0.491. The average molecular weight is 299 g/mol. The molecule has 0 aliphatic heterocycles. The van der Waals surface area contributed by atoms with E-state index in [2.05, 4.69) is 0 Å². The van der Waals surface area contributed by atoms with Gasteiger partial charge in [0.1, 0.15) is 0 Å². The fourth-order valence-electron chi connectivity index (χ4n) is 2.34. The summed E-state index contributed by atoms with van der Waals surface area (Å²) >= 11 is 5.73. The zero-order valence-corrected chi connectivity index (χ0v) is 13.7. The number of hydrogen-bond donors (Lipinski definition) is 2. The lowest BCUT2D eigenvalue weighted by Gasteiger charge is -2.30. The van der Waals surface area contributed by atoms with Crippen molar-refractivity contribution in [2.24, 2.45) is 0 Å². The average Bonchev–Trinajstić information content (AvgIpc) is 2.27. The maximum Gasteiger partial charge on any atom is 0.178 e. The molecule has 0 saturated heterocycles. The summed E-state index contributed by atoms with van der Waals surface area (Å²) in [5.74, 6) is -0.835. The van der Waals surface area contributed by atoms with Crippen molar-refractivity contribution in [3.05, 3.63) is 22.8 Å². The van der Waals surface area contributed by atoms with Gasteiger partial charge in [-0.3, -0.25) is 4.79 Å².